The summed E-state index contributed by atoms with van der Waals surface area (Å²) in [6.07, 6.45) is 5.10. The molecule has 134 valence electrons. The number of pyridine rings is 2. The second-order valence-corrected chi connectivity index (χ2v) is 6.32. The van der Waals surface area contributed by atoms with E-state index < -0.39 is 6.67 Å². The molecule has 0 aliphatic rings. The minimum absolute atomic E-state index is 0.0224. The van der Waals surface area contributed by atoms with Crippen LogP contribution in [0, 0.1) is 0 Å². The highest BCUT2D eigenvalue weighted by Gasteiger charge is 2.17. The van der Waals surface area contributed by atoms with E-state index in [9.17, 15) is 4.39 Å². The van der Waals surface area contributed by atoms with E-state index in [-0.39, 0.29) is 18.5 Å². The molecule has 4 nitrogen and oxygen atoms in total. The first-order chi connectivity index (χ1) is 12.0. The predicted octanol–water partition coefficient (Wildman–Crippen LogP) is 4.97. The summed E-state index contributed by atoms with van der Waals surface area (Å²) in [5.74, 6) is 0.238. The zero-order valence-corrected chi connectivity index (χ0v) is 15.7. The molecule has 25 heavy (non-hydrogen) atoms. The fourth-order valence-electron chi connectivity index (χ4n) is 2.38. The molecule has 2 heterocycles. The van der Waals surface area contributed by atoms with Crippen LogP contribution in [0.25, 0.3) is 6.08 Å². The van der Waals surface area contributed by atoms with E-state index in [2.05, 4.69) is 21.4 Å². The van der Waals surface area contributed by atoms with Crippen molar-refractivity contribution in [1.29, 1.82) is 0 Å². The number of rotatable bonds is 8. The lowest BCUT2D eigenvalue weighted by Gasteiger charge is -2.26. The average Bonchev–Trinajstić information content (AvgIpc) is 2.61. The van der Waals surface area contributed by atoms with Crippen LogP contribution in [0.1, 0.15) is 29.7 Å². The zero-order chi connectivity index (χ0) is 18.4. The van der Waals surface area contributed by atoms with Gasteiger partial charge in [-0.1, -0.05) is 35.9 Å². The van der Waals surface area contributed by atoms with Gasteiger partial charge in [-0.05, 0) is 37.2 Å². The topological polar surface area (TPSA) is 38.2 Å². The summed E-state index contributed by atoms with van der Waals surface area (Å²) in [5.41, 5.74) is 2.78. The molecule has 0 aromatic carbocycles. The first-order valence-electron chi connectivity index (χ1n) is 7.78. The Morgan fingerprint density at radius 2 is 2.16 bits per heavy atom. The van der Waals surface area contributed by atoms with Gasteiger partial charge in [0.05, 0.1) is 0 Å². The fraction of sp³-hybridized carbons (Fsp3) is 0.333. The van der Waals surface area contributed by atoms with Gasteiger partial charge < -0.3 is 4.74 Å². The number of alkyl halides is 1. The molecular weight excluding hydrogens is 364 g/mol. The molecule has 0 saturated heterocycles. The van der Waals surface area contributed by atoms with Gasteiger partial charge in [-0.25, -0.2) is 14.4 Å². The summed E-state index contributed by atoms with van der Waals surface area (Å²) in [4.78, 5) is 10.4. The molecule has 0 bridgehead atoms. The van der Waals surface area contributed by atoms with Crippen LogP contribution in [0.5, 0.6) is 5.88 Å². The van der Waals surface area contributed by atoms with Crippen molar-refractivity contribution in [2.24, 2.45) is 0 Å². The van der Waals surface area contributed by atoms with Crippen LogP contribution in [0.4, 0.5) is 4.39 Å². The third-order valence-electron chi connectivity index (χ3n) is 3.95. The Balaban J connectivity index is 2.16. The Kier molecular flexibility index (Phi) is 7.17. The van der Waals surface area contributed by atoms with Crippen LogP contribution >= 0.6 is 23.2 Å². The number of halogens is 3. The van der Waals surface area contributed by atoms with Gasteiger partial charge >= 0.3 is 0 Å². The third-order valence-corrected chi connectivity index (χ3v) is 4.55. The maximum absolute atomic E-state index is 12.2. The van der Waals surface area contributed by atoms with E-state index >= 15 is 0 Å². The van der Waals surface area contributed by atoms with Crippen molar-refractivity contribution in [2.75, 3.05) is 20.3 Å². The summed E-state index contributed by atoms with van der Waals surface area (Å²) in [5, 5.41) is 0.819. The van der Waals surface area contributed by atoms with Crippen molar-refractivity contribution < 1.29 is 9.13 Å². The number of hydrogen-bond acceptors (Lipinski definition) is 4. The van der Waals surface area contributed by atoms with Crippen molar-refractivity contribution in [3.05, 3.63) is 58.0 Å². The smallest absolute Gasteiger partial charge is 0.232 e. The maximum Gasteiger partial charge on any atom is 0.232 e. The highest BCUT2D eigenvalue weighted by atomic mass is 35.5. The first-order valence-corrected chi connectivity index (χ1v) is 8.53. The van der Waals surface area contributed by atoms with Crippen LogP contribution < -0.4 is 4.74 Å². The third kappa shape index (κ3) is 4.91. The van der Waals surface area contributed by atoms with Gasteiger partial charge in [-0.15, -0.1) is 0 Å². The zero-order valence-electron chi connectivity index (χ0n) is 14.2. The highest BCUT2D eigenvalue weighted by Crippen LogP contribution is 2.29. The van der Waals surface area contributed by atoms with Crippen LogP contribution in [0.15, 0.2) is 31.1 Å². The molecule has 2 aromatic heterocycles. The molecule has 1 atom stereocenters. The number of aromatic nitrogens is 2. The molecule has 0 radical (unpaired) electrons. The lowest BCUT2D eigenvalue weighted by Crippen LogP contribution is -2.23. The Morgan fingerprint density at radius 3 is 2.80 bits per heavy atom. The molecule has 2 rings (SSSR count). The Morgan fingerprint density at radius 1 is 1.40 bits per heavy atom. The van der Waals surface area contributed by atoms with Crippen molar-refractivity contribution in [3.8, 4) is 5.88 Å². The average molecular weight is 384 g/mol. The highest BCUT2D eigenvalue weighted by molar-refractivity contribution is 6.31. The van der Waals surface area contributed by atoms with Crippen LogP contribution in [-0.2, 0) is 6.54 Å². The predicted molar refractivity (Wildman–Crippen MR) is 99.9 cm³/mol. The standard InChI is InChI=1S/C18H20Cl2FN3O/c1-4-13-5-7-22-17(20)15(13)11-24(3)12(2)14-9-16(19)18(23-10-14)25-8-6-21/h4-5,7,9-10,12H,1,6,8,11H2,2-3H3. The molecule has 2 aromatic rings. The summed E-state index contributed by atoms with van der Waals surface area (Å²) in [6, 6.07) is 3.68. The SMILES string of the molecule is C=Cc1ccnc(Cl)c1CN(C)C(C)c1cnc(OCCF)c(Cl)c1. The summed E-state index contributed by atoms with van der Waals surface area (Å²) in [6.45, 7) is 5.79. The largest absolute Gasteiger partial charge is 0.474 e. The molecule has 0 fully saturated rings. The second kappa shape index (κ2) is 9.13. The molecule has 7 heteroatoms. The lowest BCUT2D eigenvalue weighted by molar-refractivity contribution is 0.249. The van der Waals surface area contributed by atoms with E-state index in [0.29, 0.717) is 16.7 Å². The number of hydrogen-bond donors (Lipinski definition) is 0. The van der Waals surface area contributed by atoms with Gasteiger partial charge in [0.2, 0.25) is 5.88 Å². The minimum atomic E-state index is -0.587. The van der Waals surface area contributed by atoms with E-state index in [1.54, 1.807) is 24.5 Å². The number of ether oxygens (including phenoxy) is 1. The Hall–Kier alpha value is -1.69. The summed E-state index contributed by atoms with van der Waals surface area (Å²) >= 11 is 12.4. The molecule has 1 unspecified atom stereocenters. The van der Waals surface area contributed by atoms with Crippen molar-refractivity contribution >= 4 is 29.3 Å². The van der Waals surface area contributed by atoms with Gasteiger partial charge in [0.1, 0.15) is 23.5 Å². The molecular formula is C18H20Cl2FN3O. The van der Waals surface area contributed by atoms with Crippen molar-refractivity contribution in [3.63, 3.8) is 0 Å². The van der Waals surface area contributed by atoms with Gasteiger partial charge in [0, 0.05) is 30.5 Å². The molecule has 0 aliphatic heterocycles. The first kappa shape index (κ1) is 19.6. The molecule has 0 saturated carbocycles. The van der Waals surface area contributed by atoms with Gasteiger partial charge in [0.25, 0.3) is 0 Å². The van der Waals surface area contributed by atoms with Gasteiger partial charge in [-0.3, -0.25) is 4.90 Å². The summed E-state index contributed by atoms with van der Waals surface area (Å²) in [7, 11) is 1.97. The van der Waals surface area contributed by atoms with E-state index in [1.807, 2.05) is 20.0 Å². The van der Waals surface area contributed by atoms with Crippen LogP contribution in [0.3, 0.4) is 0 Å². The monoisotopic (exact) mass is 383 g/mol. The van der Waals surface area contributed by atoms with Gasteiger partial charge in [-0.2, -0.15) is 0 Å². The minimum Gasteiger partial charge on any atom is -0.474 e. The normalized spacial score (nSPS) is 12.2. The fourth-order valence-corrected chi connectivity index (χ4v) is 2.83. The number of nitrogens with zero attached hydrogens (tertiary/aromatic N) is 3. The summed E-state index contributed by atoms with van der Waals surface area (Å²) < 4.78 is 17.4. The van der Waals surface area contributed by atoms with E-state index in [4.69, 9.17) is 27.9 Å². The molecule has 0 aliphatic carbocycles. The van der Waals surface area contributed by atoms with E-state index in [1.165, 1.54) is 0 Å². The molecule has 0 amide bonds. The van der Waals surface area contributed by atoms with Gasteiger partial charge in [0.15, 0.2) is 0 Å². The molecule has 0 spiro atoms. The van der Waals surface area contributed by atoms with Crippen LogP contribution in [0.2, 0.25) is 10.2 Å². The Bertz CT molecular complexity index is 742. The lowest BCUT2D eigenvalue weighted by atomic mass is 10.1. The Labute approximate surface area is 157 Å². The quantitative estimate of drug-likeness (QED) is 0.603. The second-order valence-electron chi connectivity index (χ2n) is 5.56. The van der Waals surface area contributed by atoms with Crippen LogP contribution in [-0.4, -0.2) is 35.2 Å². The van der Waals surface area contributed by atoms with E-state index in [0.717, 1.165) is 16.7 Å². The maximum atomic E-state index is 12.2. The van der Waals surface area contributed by atoms with Crippen molar-refractivity contribution in [2.45, 2.75) is 19.5 Å². The molecule has 0 N–H and O–H groups in total. The van der Waals surface area contributed by atoms with Crippen molar-refractivity contribution in [1.82, 2.24) is 14.9 Å².